The van der Waals surface area contributed by atoms with E-state index in [2.05, 4.69) is 4.74 Å². The molecule has 5 nitrogen and oxygen atoms in total. The number of hydrogen-bond donors (Lipinski definition) is 1. The van der Waals surface area contributed by atoms with Gasteiger partial charge in [0.1, 0.15) is 0 Å². The van der Waals surface area contributed by atoms with Gasteiger partial charge in [0.25, 0.3) is 0 Å². The molecule has 0 bridgehead atoms. The Kier molecular flexibility index (Phi) is 3.36. The lowest BCUT2D eigenvalue weighted by Gasteiger charge is -2.37. The first kappa shape index (κ1) is 13.3. The lowest BCUT2D eigenvalue weighted by molar-refractivity contribution is -0.169. The van der Waals surface area contributed by atoms with Crippen molar-refractivity contribution in [1.82, 2.24) is 0 Å². The second kappa shape index (κ2) is 4.53. The van der Waals surface area contributed by atoms with E-state index in [1.54, 1.807) is 0 Å². The Morgan fingerprint density at radius 2 is 1.94 bits per heavy atom. The summed E-state index contributed by atoms with van der Waals surface area (Å²) in [4.78, 5) is 23.4. The molecule has 2 aliphatic rings. The van der Waals surface area contributed by atoms with Crippen LogP contribution in [-0.2, 0) is 19.1 Å². The van der Waals surface area contributed by atoms with Gasteiger partial charge in [-0.25, -0.2) is 0 Å². The Balaban J connectivity index is 2.25. The molecule has 0 aromatic carbocycles. The van der Waals surface area contributed by atoms with Crippen molar-refractivity contribution < 1.29 is 24.2 Å². The van der Waals surface area contributed by atoms with E-state index in [9.17, 15) is 14.7 Å². The number of fused-ring (bicyclic) bond motifs is 1. The fourth-order valence-corrected chi connectivity index (χ4v) is 3.84. The van der Waals surface area contributed by atoms with E-state index in [0.717, 1.165) is 6.42 Å². The molecule has 0 aliphatic heterocycles. The predicted molar refractivity (Wildman–Crippen MR) is 62.6 cm³/mol. The number of carbonyl (C=O) groups excluding carboxylic acids is 2. The van der Waals surface area contributed by atoms with Crippen molar-refractivity contribution in [3.63, 3.8) is 0 Å². The van der Waals surface area contributed by atoms with Crippen LogP contribution in [0.1, 0.15) is 38.5 Å². The van der Waals surface area contributed by atoms with Gasteiger partial charge in [0, 0.05) is 0 Å². The molecule has 0 aromatic heterocycles. The lowest BCUT2D eigenvalue weighted by atomic mass is 9.73. The molecule has 0 spiro atoms. The van der Waals surface area contributed by atoms with Crippen LogP contribution in [0.15, 0.2) is 0 Å². The van der Waals surface area contributed by atoms with Crippen molar-refractivity contribution in [2.24, 2.45) is 11.3 Å². The Bertz CT molecular complexity index is 366. The average Bonchev–Trinajstić information content (AvgIpc) is 2.83. The van der Waals surface area contributed by atoms with Crippen LogP contribution < -0.4 is 0 Å². The molecular formula is C13H20O5. The first-order valence-electron chi connectivity index (χ1n) is 6.38. The smallest absolute Gasteiger partial charge is 0.314 e. The number of hydrogen-bond acceptors (Lipinski definition) is 5. The van der Waals surface area contributed by atoms with Gasteiger partial charge >= 0.3 is 11.9 Å². The molecule has 0 unspecified atom stereocenters. The third kappa shape index (κ3) is 1.64. The minimum Gasteiger partial charge on any atom is -0.469 e. The van der Waals surface area contributed by atoms with Gasteiger partial charge in [-0.2, -0.15) is 0 Å². The molecule has 2 rings (SSSR count). The fourth-order valence-electron chi connectivity index (χ4n) is 3.84. The summed E-state index contributed by atoms with van der Waals surface area (Å²) in [6.07, 6.45) is 3.44. The van der Waals surface area contributed by atoms with Crippen molar-refractivity contribution in [1.29, 1.82) is 0 Å². The van der Waals surface area contributed by atoms with Gasteiger partial charge < -0.3 is 14.6 Å². The summed E-state index contributed by atoms with van der Waals surface area (Å²) >= 11 is 0. The number of carbonyl (C=O) groups is 2. The molecule has 0 radical (unpaired) electrons. The van der Waals surface area contributed by atoms with E-state index in [0.29, 0.717) is 25.7 Å². The molecule has 5 heteroatoms. The zero-order valence-corrected chi connectivity index (χ0v) is 10.9. The SMILES string of the molecule is COC(=O)C[C@@H]1CC[C@]2(C(=O)OC)CCC[C@]12O. The standard InChI is InChI=1S/C13H20O5/c1-17-10(14)8-9-4-7-12(11(15)18-2)5-3-6-13(9,12)16/h9,16H,3-8H2,1-2H3/t9-,12-,13-/m0/s1. The molecule has 1 N–H and O–H groups in total. The molecule has 2 fully saturated rings. The Hall–Kier alpha value is -1.10. The molecule has 0 amide bonds. The quantitative estimate of drug-likeness (QED) is 0.764. The minimum absolute atomic E-state index is 0.172. The van der Waals surface area contributed by atoms with Gasteiger partial charge in [-0.05, 0) is 38.0 Å². The number of rotatable bonds is 3. The summed E-state index contributed by atoms with van der Waals surface area (Å²) in [5, 5.41) is 10.9. The summed E-state index contributed by atoms with van der Waals surface area (Å²) in [6.45, 7) is 0. The molecule has 2 aliphatic carbocycles. The summed E-state index contributed by atoms with van der Waals surface area (Å²) in [7, 11) is 2.69. The molecule has 18 heavy (non-hydrogen) atoms. The molecular weight excluding hydrogens is 236 g/mol. The Labute approximate surface area is 106 Å². The van der Waals surface area contributed by atoms with Gasteiger partial charge in [-0.1, -0.05) is 0 Å². The van der Waals surface area contributed by atoms with Crippen LogP contribution in [0.2, 0.25) is 0 Å². The zero-order chi connectivity index (χ0) is 13.4. The number of esters is 2. The average molecular weight is 256 g/mol. The first-order valence-corrected chi connectivity index (χ1v) is 6.38. The van der Waals surface area contributed by atoms with Gasteiger partial charge in [0.2, 0.25) is 0 Å². The van der Waals surface area contributed by atoms with Gasteiger partial charge in [-0.3, -0.25) is 9.59 Å². The summed E-state index contributed by atoms with van der Waals surface area (Å²) in [5.41, 5.74) is -1.91. The van der Waals surface area contributed by atoms with E-state index in [-0.39, 0.29) is 24.3 Å². The van der Waals surface area contributed by atoms with Crippen LogP contribution in [-0.4, -0.2) is 36.9 Å². The summed E-state index contributed by atoms with van der Waals surface area (Å²) in [6, 6.07) is 0. The van der Waals surface area contributed by atoms with Crippen molar-refractivity contribution >= 4 is 11.9 Å². The highest BCUT2D eigenvalue weighted by atomic mass is 16.5. The summed E-state index contributed by atoms with van der Waals surface area (Å²) < 4.78 is 9.53. The minimum atomic E-state index is -1.10. The van der Waals surface area contributed by atoms with Crippen LogP contribution in [0, 0.1) is 11.3 Å². The molecule has 0 aromatic rings. The van der Waals surface area contributed by atoms with Crippen LogP contribution in [0.3, 0.4) is 0 Å². The molecule has 2 saturated carbocycles. The van der Waals surface area contributed by atoms with E-state index in [1.807, 2.05) is 0 Å². The lowest BCUT2D eigenvalue weighted by Crippen LogP contribution is -2.49. The third-order valence-corrected chi connectivity index (χ3v) is 4.80. The van der Waals surface area contributed by atoms with Crippen LogP contribution >= 0.6 is 0 Å². The highest BCUT2D eigenvalue weighted by Gasteiger charge is 2.66. The maximum Gasteiger partial charge on any atom is 0.314 e. The Morgan fingerprint density at radius 3 is 2.56 bits per heavy atom. The van der Waals surface area contributed by atoms with E-state index in [1.165, 1.54) is 14.2 Å². The van der Waals surface area contributed by atoms with Gasteiger partial charge in [-0.15, -0.1) is 0 Å². The van der Waals surface area contributed by atoms with Gasteiger partial charge in [0.15, 0.2) is 0 Å². The number of ether oxygens (including phenoxy) is 2. The first-order chi connectivity index (χ1) is 8.50. The molecule has 102 valence electrons. The van der Waals surface area contributed by atoms with E-state index >= 15 is 0 Å². The summed E-state index contributed by atoms with van der Waals surface area (Å²) in [5.74, 6) is -0.873. The van der Waals surface area contributed by atoms with Crippen LogP contribution in [0.4, 0.5) is 0 Å². The maximum absolute atomic E-state index is 12.0. The third-order valence-electron chi connectivity index (χ3n) is 4.80. The highest BCUT2D eigenvalue weighted by Crippen LogP contribution is 2.61. The molecule has 0 saturated heterocycles. The maximum atomic E-state index is 12.0. The number of aliphatic hydroxyl groups is 1. The second-order valence-electron chi connectivity index (χ2n) is 5.37. The number of methoxy groups -OCH3 is 2. The van der Waals surface area contributed by atoms with Crippen molar-refractivity contribution in [3.8, 4) is 0 Å². The fraction of sp³-hybridized carbons (Fsp3) is 0.846. The molecule has 0 heterocycles. The largest absolute Gasteiger partial charge is 0.469 e. The van der Waals surface area contributed by atoms with Crippen LogP contribution in [0.25, 0.3) is 0 Å². The molecule has 3 atom stereocenters. The van der Waals surface area contributed by atoms with Crippen molar-refractivity contribution in [3.05, 3.63) is 0 Å². The predicted octanol–water partition coefficient (Wildman–Crippen LogP) is 1.03. The second-order valence-corrected chi connectivity index (χ2v) is 5.37. The van der Waals surface area contributed by atoms with Crippen molar-refractivity contribution in [2.75, 3.05) is 14.2 Å². The topological polar surface area (TPSA) is 72.8 Å². The van der Waals surface area contributed by atoms with Crippen LogP contribution in [0.5, 0.6) is 0 Å². The monoisotopic (exact) mass is 256 g/mol. The van der Waals surface area contributed by atoms with E-state index in [4.69, 9.17) is 4.74 Å². The zero-order valence-electron chi connectivity index (χ0n) is 10.9. The van der Waals surface area contributed by atoms with E-state index < -0.39 is 11.0 Å². The van der Waals surface area contributed by atoms with Crippen molar-refractivity contribution in [2.45, 2.75) is 44.1 Å². The highest BCUT2D eigenvalue weighted by molar-refractivity contribution is 5.80. The normalized spacial score (nSPS) is 38.3. The van der Waals surface area contributed by atoms with Gasteiger partial charge in [0.05, 0.1) is 31.7 Å². The Morgan fingerprint density at radius 1 is 1.22 bits per heavy atom.